The molecule has 0 spiro atoms. The number of aliphatic hydroxyl groups excluding tert-OH is 1. The van der Waals surface area contributed by atoms with Crippen LogP contribution in [0.1, 0.15) is 31.1 Å². The standard InChI is InChI=1S/C13H18ClNO3/c1-7(2)11(16)12(18-13(15)17)9-5-4-8(3)6-10(9)14/h4-7,11-12,16H,1-3H3,(H2,15,17). The number of amides is 1. The zero-order chi connectivity index (χ0) is 13.9. The van der Waals surface area contributed by atoms with Gasteiger partial charge in [0, 0.05) is 10.6 Å². The van der Waals surface area contributed by atoms with E-state index in [0.717, 1.165) is 5.56 Å². The van der Waals surface area contributed by atoms with Gasteiger partial charge in [0.05, 0.1) is 6.10 Å². The lowest BCUT2D eigenvalue weighted by molar-refractivity contribution is -0.0184. The molecule has 0 aromatic heterocycles. The van der Waals surface area contributed by atoms with Gasteiger partial charge in [-0.2, -0.15) is 0 Å². The molecule has 0 aliphatic carbocycles. The molecule has 0 fully saturated rings. The van der Waals surface area contributed by atoms with Crippen LogP contribution in [0.15, 0.2) is 18.2 Å². The highest BCUT2D eigenvalue weighted by Gasteiger charge is 2.28. The fourth-order valence-corrected chi connectivity index (χ4v) is 2.00. The quantitative estimate of drug-likeness (QED) is 0.884. The number of carbonyl (C=O) groups is 1. The molecule has 0 aliphatic rings. The van der Waals surface area contributed by atoms with Crippen molar-refractivity contribution < 1.29 is 14.6 Å². The van der Waals surface area contributed by atoms with Crippen molar-refractivity contribution in [3.63, 3.8) is 0 Å². The normalized spacial score (nSPS) is 14.3. The van der Waals surface area contributed by atoms with E-state index in [1.165, 1.54) is 0 Å². The van der Waals surface area contributed by atoms with Crippen LogP contribution >= 0.6 is 11.6 Å². The number of aryl methyl sites for hydroxylation is 1. The van der Waals surface area contributed by atoms with Crippen molar-refractivity contribution in [1.82, 2.24) is 0 Å². The third-order valence-electron chi connectivity index (χ3n) is 2.70. The largest absolute Gasteiger partial charge is 0.439 e. The van der Waals surface area contributed by atoms with Gasteiger partial charge in [0.2, 0.25) is 0 Å². The number of halogens is 1. The summed E-state index contributed by atoms with van der Waals surface area (Å²) < 4.78 is 4.98. The van der Waals surface area contributed by atoms with Gasteiger partial charge in [-0.05, 0) is 24.5 Å². The van der Waals surface area contributed by atoms with Crippen molar-refractivity contribution in [3.05, 3.63) is 34.3 Å². The number of benzene rings is 1. The van der Waals surface area contributed by atoms with Gasteiger partial charge in [0.15, 0.2) is 6.10 Å². The fourth-order valence-electron chi connectivity index (χ4n) is 1.65. The van der Waals surface area contributed by atoms with Crippen molar-refractivity contribution in [3.8, 4) is 0 Å². The lowest BCUT2D eigenvalue weighted by Gasteiger charge is -2.26. The van der Waals surface area contributed by atoms with E-state index in [1.54, 1.807) is 12.1 Å². The smallest absolute Gasteiger partial charge is 0.405 e. The number of hydrogen-bond acceptors (Lipinski definition) is 3. The van der Waals surface area contributed by atoms with Gasteiger partial charge in [-0.15, -0.1) is 0 Å². The molecule has 0 saturated carbocycles. The van der Waals surface area contributed by atoms with Crippen molar-refractivity contribution in [1.29, 1.82) is 0 Å². The van der Waals surface area contributed by atoms with Gasteiger partial charge < -0.3 is 15.6 Å². The van der Waals surface area contributed by atoms with Crippen LogP contribution in [0.5, 0.6) is 0 Å². The third kappa shape index (κ3) is 3.62. The number of ether oxygens (including phenoxy) is 1. The predicted molar refractivity (Wildman–Crippen MR) is 70.4 cm³/mol. The van der Waals surface area contributed by atoms with Gasteiger partial charge in [-0.25, -0.2) is 4.79 Å². The molecule has 100 valence electrons. The zero-order valence-electron chi connectivity index (χ0n) is 10.7. The zero-order valence-corrected chi connectivity index (χ0v) is 11.4. The summed E-state index contributed by atoms with van der Waals surface area (Å²) in [6, 6.07) is 5.32. The summed E-state index contributed by atoms with van der Waals surface area (Å²) in [6.45, 7) is 5.55. The minimum atomic E-state index is -0.934. The molecule has 2 unspecified atom stereocenters. The van der Waals surface area contributed by atoms with E-state index in [9.17, 15) is 9.90 Å². The molecule has 3 N–H and O–H groups in total. The number of primary amides is 1. The molecule has 18 heavy (non-hydrogen) atoms. The molecule has 5 heteroatoms. The van der Waals surface area contributed by atoms with E-state index >= 15 is 0 Å². The Hall–Kier alpha value is -1.26. The van der Waals surface area contributed by atoms with E-state index < -0.39 is 18.3 Å². The first-order valence-electron chi connectivity index (χ1n) is 5.73. The first-order chi connectivity index (χ1) is 8.32. The maximum Gasteiger partial charge on any atom is 0.405 e. The lowest BCUT2D eigenvalue weighted by Crippen LogP contribution is -2.30. The van der Waals surface area contributed by atoms with Crippen LogP contribution < -0.4 is 5.73 Å². The molecule has 1 aromatic carbocycles. The van der Waals surface area contributed by atoms with Crippen LogP contribution in [-0.4, -0.2) is 17.3 Å². The SMILES string of the molecule is Cc1ccc(C(OC(N)=O)C(O)C(C)C)c(Cl)c1. The summed E-state index contributed by atoms with van der Waals surface area (Å²) in [7, 11) is 0. The average molecular weight is 272 g/mol. The van der Waals surface area contributed by atoms with E-state index in [-0.39, 0.29) is 5.92 Å². The Kier molecular flexibility index (Phi) is 4.99. The second-order valence-electron chi connectivity index (χ2n) is 4.62. The Morgan fingerprint density at radius 2 is 2.06 bits per heavy atom. The van der Waals surface area contributed by atoms with Crippen molar-refractivity contribution in [2.24, 2.45) is 11.7 Å². The van der Waals surface area contributed by atoms with Crippen LogP contribution in [0.25, 0.3) is 0 Å². The van der Waals surface area contributed by atoms with Crippen LogP contribution in [0.4, 0.5) is 4.79 Å². The maximum atomic E-state index is 10.9. The number of hydrogen-bond donors (Lipinski definition) is 2. The summed E-state index contributed by atoms with van der Waals surface area (Å²) in [5.41, 5.74) is 6.58. The van der Waals surface area contributed by atoms with Crippen LogP contribution in [0.3, 0.4) is 0 Å². The van der Waals surface area contributed by atoms with Gasteiger partial charge in [-0.3, -0.25) is 0 Å². The summed E-state index contributed by atoms with van der Waals surface area (Å²) in [5, 5.41) is 10.5. The number of carbonyl (C=O) groups excluding carboxylic acids is 1. The lowest BCUT2D eigenvalue weighted by atomic mass is 9.95. The number of rotatable bonds is 4. The fraction of sp³-hybridized carbons (Fsp3) is 0.462. The molecule has 0 bridgehead atoms. The second kappa shape index (κ2) is 6.07. The Labute approximate surface area is 112 Å². The first-order valence-corrected chi connectivity index (χ1v) is 6.11. The van der Waals surface area contributed by atoms with Crippen molar-refractivity contribution >= 4 is 17.7 Å². The predicted octanol–water partition coefficient (Wildman–Crippen LogP) is 2.80. The van der Waals surface area contributed by atoms with Crippen LogP contribution in [-0.2, 0) is 4.74 Å². The van der Waals surface area contributed by atoms with Gasteiger partial charge in [0.25, 0.3) is 0 Å². The molecular formula is C13H18ClNO3. The first kappa shape index (κ1) is 14.8. The Morgan fingerprint density at radius 3 is 2.50 bits per heavy atom. The van der Waals surface area contributed by atoms with Crippen LogP contribution in [0.2, 0.25) is 5.02 Å². The molecule has 0 heterocycles. The third-order valence-corrected chi connectivity index (χ3v) is 3.03. The molecule has 1 amide bonds. The summed E-state index contributed by atoms with van der Waals surface area (Å²) >= 11 is 6.11. The highest BCUT2D eigenvalue weighted by atomic mass is 35.5. The van der Waals surface area contributed by atoms with E-state index in [4.69, 9.17) is 22.1 Å². The minimum Gasteiger partial charge on any atom is -0.439 e. The molecule has 1 aromatic rings. The van der Waals surface area contributed by atoms with Crippen molar-refractivity contribution in [2.45, 2.75) is 33.0 Å². The summed E-state index contributed by atoms with van der Waals surface area (Å²) in [4.78, 5) is 10.9. The molecule has 2 atom stereocenters. The minimum absolute atomic E-state index is 0.0910. The number of aliphatic hydroxyl groups is 1. The summed E-state index contributed by atoms with van der Waals surface area (Å²) in [6.07, 6.45) is -2.65. The molecule has 0 saturated heterocycles. The topological polar surface area (TPSA) is 72.5 Å². The summed E-state index contributed by atoms with van der Waals surface area (Å²) in [5.74, 6) is -0.0910. The van der Waals surface area contributed by atoms with Crippen molar-refractivity contribution in [2.75, 3.05) is 0 Å². The highest BCUT2D eigenvalue weighted by molar-refractivity contribution is 6.31. The number of nitrogens with two attached hydrogens (primary N) is 1. The van der Waals surface area contributed by atoms with Gasteiger partial charge >= 0.3 is 6.09 Å². The van der Waals surface area contributed by atoms with E-state index in [0.29, 0.717) is 10.6 Å². The van der Waals surface area contributed by atoms with Gasteiger partial charge in [0.1, 0.15) is 0 Å². The molecule has 0 radical (unpaired) electrons. The monoisotopic (exact) mass is 271 g/mol. The average Bonchev–Trinajstić information content (AvgIpc) is 2.25. The Morgan fingerprint density at radius 1 is 1.44 bits per heavy atom. The highest BCUT2D eigenvalue weighted by Crippen LogP contribution is 2.31. The second-order valence-corrected chi connectivity index (χ2v) is 5.02. The molecular weight excluding hydrogens is 254 g/mol. The van der Waals surface area contributed by atoms with Gasteiger partial charge in [-0.1, -0.05) is 37.6 Å². The maximum absolute atomic E-state index is 10.9. The van der Waals surface area contributed by atoms with Crippen LogP contribution in [0, 0.1) is 12.8 Å². The molecule has 4 nitrogen and oxygen atoms in total. The van der Waals surface area contributed by atoms with E-state index in [2.05, 4.69) is 0 Å². The molecule has 1 rings (SSSR count). The molecule has 0 aliphatic heterocycles. The Balaban J connectivity index is 3.12. The van der Waals surface area contributed by atoms with E-state index in [1.807, 2.05) is 26.8 Å². The Bertz CT molecular complexity index is 434.